The first kappa shape index (κ1) is 15.4. The number of nitrogens with one attached hydrogen (secondary N) is 2. The van der Waals surface area contributed by atoms with Crippen molar-refractivity contribution in [2.24, 2.45) is 0 Å². The number of rotatable bonds is 5. The minimum Gasteiger partial charge on any atom is -0.358 e. The first-order chi connectivity index (χ1) is 11.8. The van der Waals surface area contributed by atoms with Crippen LogP contribution in [0.5, 0.6) is 0 Å². The minimum absolute atomic E-state index is 0.413. The Kier molecular flexibility index (Phi) is 4.35. The van der Waals surface area contributed by atoms with Crippen LogP contribution in [0, 0.1) is 0 Å². The number of H-pyrrole nitrogens is 1. The second kappa shape index (κ2) is 6.78. The molecule has 1 aromatic carbocycles. The summed E-state index contributed by atoms with van der Waals surface area (Å²) in [4.78, 5) is 8.02. The molecular weight excluding hydrogens is 294 g/mol. The maximum Gasteiger partial charge on any atom is 0.0459 e. The van der Waals surface area contributed by atoms with Gasteiger partial charge in [0.25, 0.3) is 0 Å². The van der Waals surface area contributed by atoms with Gasteiger partial charge in [0.2, 0.25) is 0 Å². The van der Waals surface area contributed by atoms with Crippen molar-refractivity contribution in [1.29, 1.82) is 0 Å². The van der Waals surface area contributed by atoms with E-state index in [4.69, 9.17) is 0 Å². The first-order valence-electron chi connectivity index (χ1n) is 9.05. The van der Waals surface area contributed by atoms with E-state index >= 15 is 0 Å². The molecule has 0 aliphatic heterocycles. The molecule has 1 aliphatic rings. The third kappa shape index (κ3) is 3.22. The van der Waals surface area contributed by atoms with Gasteiger partial charge in [-0.1, -0.05) is 12.1 Å². The summed E-state index contributed by atoms with van der Waals surface area (Å²) >= 11 is 0. The van der Waals surface area contributed by atoms with Crippen LogP contribution in [-0.2, 0) is 25.8 Å². The Balaban J connectivity index is 1.44. The highest BCUT2D eigenvalue weighted by molar-refractivity contribution is 5.85. The molecular formula is C21H25N3. The van der Waals surface area contributed by atoms with E-state index in [1.807, 2.05) is 12.3 Å². The Morgan fingerprint density at radius 1 is 1.17 bits per heavy atom. The summed E-state index contributed by atoms with van der Waals surface area (Å²) < 4.78 is 0. The normalized spacial score (nSPS) is 15.4. The molecule has 2 N–H and O–H groups in total. The molecule has 1 atom stereocenters. The lowest BCUT2D eigenvalue weighted by Crippen LogP contribution is -2.27. The lowest BCUT2D eigenvalue weighted by molar-refractivity contribution is 0.540. The fraction of sp³-hybridized carbons (Fsp3) is 0.381. The number of benzene rings is 1. The number of aromatic nitrogens is 2. The quantitative estimate of drug-likeness (QED) is 0.741. The van der Waals surface area contributed by atoms with E-state index in [0.717, 1.165) is 18.7 Å². The van der Waals surface area contributed by atoms with E-state index in [-0.39, 0.29) is 0 Å². The third-order valence-electron chi connectivity index (χ3n) is 5.06. The van der Waals surface area contributed by atoms with Crippen LogP contribution >= 0.6 is 0 Å². The van der Waals surface area contributed by atoms with Gasteiger partial charge in [0.05, 0.1) is 0 Å². The number of hydrogen-bond donors (Lipinski definition) is 2. The van der Waals surface area contributed by atoms with Gasteiger partial charge in [0.1, 0.15) is 0 Å². The number of fused-ring (bicyclic) bond motifs is 3. The van der Waals surface area contributed by atoms with Gasteiger partial charge in [-0.25, -0.2) is 0 Å². The summed E-state index contributed by atoms with van der Waals surface area (Å²) in [5, 5.41) is 5.07. The molecule has 1 unspecified atom stereocenters. The summed E-state index contributed by atoms with van der Waals surface area (Å²) in [5.41, 5.74) is 6.83. The average molecular weight is 319 g/mol. The second-order valence-electron chi connectivity index (χ2n) is 6.98. The largest absolute Gasteiger partial charge is 0.358 e. The van der Waals surface area contributed by atoms with Crippen molar-refractivity contribution >= 4 is 10.9 Å². The standard InChI is InChI=1S/C21H25N3/c1-15(12-17-6-4-5-11-22-17)23-14-16-9-10-21-19(13-16)18-7-2-3-8-20(18)24-21/h4-6,9-11,13,15,23-24H,2-3,7-8,12,14H2,1H3. The Labute approximate surface area is 143 Å². The Morgan fingerprint density at radius 2 is 2.08 bits per heavy atom. The molecule has 0 radical (unpaired) electrons. The van der Waals surface area contributed by atoms with E-state index in [2.05, 4.69) is 52.5 Å². The maximum atomic E-state index is 4.41. The topological polar surface area (TPSA) is 40.7 Å². The number of nitrogens with zero attached hydrogens (tertiary/aromatic N) is 1. The molecule has 3 aromatic rings. The molecule has 0 saturated carbocycles. The minimum atomic E-state index is 0.413. The van der Waals surface area contributed by atoms with Crippen molar-refractivity contribution in [3.05, 3.63) is 65.1 Å². The lowest BCUT2D eigenvalue weighted by atomic mass is 9.95. The summed E-state index contributed by atoms with van der Waals surface area (Å²) in [7, 11) is 0. The number of aryl methyl sites for hydroxylation is 2. The van der Waals surface area contributed by atoms with Crippen LogP contribution in [0.4, 0.5) is 0 Å². The highest BCUT2D eigenvalue weighted by Gasteiger charge is 2.15. The molecule has 0 fully saturated rings. The number of aromatic amines is 1. The predicted octanol–water partition coefficient (Wildman–Crippen LogP) is 4.16. The molecule has 2 aromatic heterocycles. The van der Waals surface area contributed by atoms with Crippen molar-refractivity contribution in [1.82, 2.24) is 15.3 Å². The molecule has 1 aliphatic carbocycles. The van der Waals surface area contributed by atoms with Crippen LogP contribution in [0.3, 0.4) is 0 Å². The van der Waals surface area contributed by atoms with Crippen molar-refractivity contribution in [3.63, 3.8) is 0 Å². The number of pyridine rings is 1. The van der Waals surface area contributed by atoms with Crippen LogP contribution < -0.4 is 5.32 Å². The Hall–Kier alpha value is -2.13. The monoisotopic (exact) mass is 319 g/mol. The van der Waals surface area contributed by atoms with Gasteiger partial charge in [0.15, 0.2) is 0 Å². The van der Waals surface area contributed by atoms with Crippen molar-refractivity contribution in [2.75, 3.05) is 0 Å². The summed E-state index contributed by atoms with van der Waals surface area (Å²) in [6.45, 7) is 3.13. The smallest absolute Gasteiger partial charge is 0.0459 e. The predicted molar refractivity (Wildman–Crippen MR) is 99.2 cm³/mol. The molecule has 0 saturated heterocycles. The van der Waals surface area contributed by atoms with Crippen molar-refractivity contribution in [2.45, 2.75) is 51.6 Å². The molecule has 4 rings (SSSR count). The number of hydrogen-bond acceptors (Lipinski definition) is 2. The van der Waals surface area contributed by atoms with Crippen LogP contribution in [0.2, 0.25) is 0 Å². The fourth-order valence-corrected chi connectivity index (χ4v) is 3.76. The summed E-state index contributed by atoms with van der Waals surface area (Å²) in [5.74, 6) is 0. The van der Waals surface area contributed by atoms with Crippen molar-refractivity contribution in [3.8, 4) is 0 Å². The highest BCUT2D eigenvalue weighted by atomic mass is 14.9. The van der Waals surface area contributed by atoms with E-state index < -0.39 is 0 Å². The molecule has 3 heteroatoms. The average Bonchev–Trinajstić information content (AvgIpc) is 2.99. The second-order valence-corrected chi connectivity index (χ2v) is 6.98. The zero-order valence-corrected chi connectivity index (χ0v) is 14.3. The van der Waals surface area contributed by atoms with Crippen LogP contribution in [-0.4, -0.2) is 16.0 Å². The van der Waals surface area contributed by atoms with Crippen LogP contribution in [0.25, 0.3) is 10.9 Å². The molecule has 0 amide bonds. The van der Waals surface area contributed by atoms with E-state index in [1.165, 1.54) is 47.8 Å². The lowest BCUT2D eigenvalue weighted by Gasteiger charge is -2.14. The summed E-state index contributed by atoms with van der Waals surface area (Å²) in [6, 6.07) is 13.4. The van der Waals surface area contributed by atoms with Gasteiger partial charge in [-0.2, -0.15) is 0 Å². The molecule has 0 bridgehead atoms. The van der Waals surface area contributed by atoms with Crippen molar-refractivity contribution < 1.29 is 0 Å². The molecule has 3 nitrogen and oxygen atoms in total. The molecule has 2 heterocycles. The summed E-state index contributed by atoms with van der Waals surface area (Å²) in [6.07, 6.45) is 7.90. The van der Waals surface area contributed by atoms with E-state index in [0.29, 0.717) is 6.04 Å². The maximum absolute atomic E-state index is 4.41. The van der Waals surface area contributed by atoms with Crippen LogP contribution in [0.15, 0.2) is 42.6 Å². The first-order valence-corrected chi connectivity index (χ1v) is 9.05. The fourth-order valence-electron chi connectivity index (χ4n) is 3.76. The zero-order chi connectivity index (χ0) is 16.4. The van der Waals surface area contributed by atoms with E-state index in [1.54, 1.807) is 5.56 Å². The molecule has 24 heavy (non-hydrogen) atoms. The Bertz CT molecular complexity index is 820. The van der Waals surface area contributed by atoms with Crippen LogP contribution in [0.1, 0.15) is 42.3 Å². The van der Waals surface area contributed by atoms with Gasteiger partial charge in [-0.3, -0.25) is 4.98 Å². The van der Waals surface area contributed by atoms with Gasteiger partial charge in [-0.15, -0.1) is 0 Å². The van der Waals surface area contributed by atoms with E-state index in [9.17, 15) is 0 Å². The third-order valence-corrected chi connectivity index (χ3v) is 5.06. The molecule has 124 valence electrons. The van der Waals surface area contributed by atoms with Gasteiger partial charge in [0, 0.05) is 47.5 Å². The van der Waals surface area contributed by atoms with Gasteiger partial charge >= 0.3 is 0 Å². The SMILES string of the molecule is CC(Cc1ccccn1)NCc1ccc2[nH]c3c(c2c1)CCCC3. The Morgan fingerprint density at radius 3 is 2.96 bits per heavy atom. The highest BCUT2D eigenvalue weighted by Crippen LogP contribution is 2.29. The zero-order valence-electron chi connectivity index (χ0n) is 14.3. The van der Waals surface area contributed by atoms with Gasteiger partial charge in [-0.05, 0) is 68.0 Å². The van der Waals surface area contributed by atoms with Gasteiger partial charge < -0.3 is 10.3 Å². The molecule has 0 spiro atoms.